The van der Waals surface area contributed by atoms with Crippen LogP contribution in [0.25, 0.3) is 0 Å². The third-order valence-corrected chi connectivity index (χ3v) is 1.47. The standard InChI is InChI=1S/C7H11F3O4/c1-3-14-5(11)4-6(12,13-2)7(8,9)10/h12H,3-4H2,1-2H3. The lowest BCUT2D eigenvalue weighted by molar-refractivity contribution is -0.357. The molecule has 0 heterocycles. The minimum absolute atomic E-state index is 0.0590. The van der Waals surface area contributed by atoms with E-state index in [9.17, 15) is 18.0 Å². The lowest BCUT2D eigenvalue weighted by Gasteiger charge is -2.27. The second-order valence-electron chi connectivity index (χ2n) is 2.47. The summed E-state index contributed by atoms with van der Waals surface area (Å²) in [5, 5.41) is 8.91. The zero-order valence-electron chi connectivity index (χ0n) is 7.72. The zero-order chi connectivity index (χ0) is 11.4. The van der Waals surface area contributed by atoms with Crippen LogP contribution in [0.1, 0.15) is 13.3 Å². The molecule has 1 unspecified atom stereocenters. The molecular weight excluding hydrogens is 205 g/mol. The molecule has 84 valence electrons. The van der Waals surface area contributed by atoms with Crippen molar-refractivity contribution in [2.45, 2.75) is 25.3 Å². The molecule has 0 fully saturated rings. The lowest BCUT2D eigenvalue weighted by Crippen LogP contribution is -2.48. The van der Waals surface area contributed by atoms with Crippen molar-refractivity contribution in [2.75, 3.05) is 13.7 Å². The SMILES string of the molecule is CCOC(=O)CC(O)(OC)C(F)(F)F. The van der Waals surface area contributed by atoms with E-state index in [4.69, 9.17) is 5.11 Å². The van der Waals surface area contributed by atoms with Gasteiger partial charge in [0.15, 0.2) is 0 Å². The first-order valence-electron chi connectivity index (χ1n) is 3.76. The van der Waals surface area contributed by atoms with Crippen molar-refractivity contribution in [1.29, 1.82) is 0 Å². The summed E-state index contributed by atoms with van der Waals surface area (Å²) in [4.78, 5) is 10.7. The molecule has 1 N–H and O–H groups in total. The first-order valence-corrected chi connectivity index (χ1v) is 3.76. The molecule has 0 rings (SSSR count). The normalized spacial score (nSPS) is 16.1. The molecule has 7 heteroatoms. The van der Waals surface area contributed by atoms with Crippen LogP contribution in [0.15, 0.2) is 0 Å². The molecule has 1 atom stereocenters. The van der Waals surface area contributed by atoms with Gasteiger partial charge in [0, 0.05) is 7.11 Å². The van der Waals surface area contributed by atoms with Gasteiger partial charge in [0.25, 0.3) is 5.79 Å². The molecule has 4 nitrogen and oxygen atoms in total. The van der Waals surface area contributed by atoms with Gasteiger partial charge in [0.1, 0.15) is 6.42 Å². The number of hydrogen-bond donors (Lipinski definition) is 1. The molecule has 0 aliphatic heterocycles. The highest BCUT2D eigenvalue weighted by Crippen LogP contribution is 2.33. The van der Waals surface area contributed by atoms with E-state index in [-0.39, 0.29) is 6.61 Å². The van der Waals surface area contributed by atoms with Crippen LogP contribution in [0.2, 0.25) is 0 Å². The summed E-state index contributed by atoms with van der Waals surface area (Å²) in [6.07, 6.45) is -6.31. The Morgan fingerprint density at radius 1 is 1.43 bits per heavy atom. The molecule has 0 saturated heterocycles. The van der Waals surface area contributed by atoms with Crippen molar-refractivity contribution < 1.29 is 32.5 Å². The van der Waals surface area contributed by atoms with Crippen LogP contribution >= 0.6 is 0 Å². The maximum absolute atomic E-state index is 12.1. The molecule has 0 bridgehead atoms. The van der Waals surface area contributed by atoms with Gasteiger partial charge in [-0.1, -0.05) is 0 Å². The van der Waals surface area contributed by atoms with Gasteiger partial charge >= 0.3 is 12.1 Å². The fraction of sp³-hybridized carbons (Fsp3) is 0.857. The van der Waals surface area contributed by atoms with Crippen LogP contribution < -0.4 is 0 Å². The van der Waals surface area contributed by atoms with Crippen LogP contribution in [0.5, 0.6) is 0 Å². The van der Waals surface area contributed by atoms with Gasteiger partial charge in [-0.15, -0.1) is 0 Å². The average molecular weight is 216 g/mol. The van der Waals surface area contributed by atoms with Gasteiger partial charge in [-0.05, 0) is 6.92 Å². The number of carbonyl (C=O) groups excluding carboxylic acids is 1. The smallest absolute Gasteiger partial charge is 0.443 e. The molecule has 0 aliphatic carbocycles. The van der Waals surface area contributed by atoms with Gasteiger partial charge in [-0.2, -0.15) is 13.2 Å². The van der Waals surface area contributed by atoms with E-state index in [1.54, 1.807) is 0 Å². The molecule has 0 aromatic heterocycles. The molecule has 0 saturated carbocycles. The average Bonchev–Trinajstić information content (AvgIpc) is 2.02. The van der Waals surface area contributed by atoms with E-state index in [2.05, 4.69) is 9.47 Å². The number of aliphatic hydroxyl groups is 1. The summed E-state index contributed by atoms with van der Waals surface area (Å²) >= 11 is 0. The van der Waals surface area contributed by atoms with Crippen LogP contribution in [-0.2, 0) is 14.3 Å². The summed E-state index contributed by atoms with van der Waals surface area (Å²) in [6.45, 7) is 1.38. The minimum Gasteiger partial charge on any atom is -0.466 e. The summed E-state index contributed by atoms with van der Waals surface area (Å²) in [5.74, 6) is -4.65. The van der Waals surface area contributed by atoms with Gasteiger partial charge < -0.3 is 14.6 Å². The van der Waals surface area contributed by atoms with Gasteiger partial charge in [-0.25, -0.2) is 0 Å². The Balaban J connectivity index is 4.49. The summed E-state index contributed by atoms with van der Waals surface area (Å²) in [7, 11) is 0.659. The molecule has 14 heavy (non-hydrogen) atoms. The van der Waals surface area contributed by atoms with Crippen molar-refractivity contribution in [3.8, 4) is 0 Å². The van der Waals surface area contributed by atoms with Gasteiger partial charge in [-0.3, -0.25) is 4.79 Å². The maximum Gasteiger partial charge on any atom is 0.443 e. The van der Waals surface area contributed by atoms with Crippen LogP contribution in [0, 0.1) is 0 Å². The lowest BCUT2D eigenvalue weighted by atomic mass is 10.2. The number of hydrogen-bond acceptors (Lipinski definition) is 4. The second-order valence-corrected chi connectivity index (χ2v) is 2.47. The Kier molecular flexibility index (Phi) is 4.34. The molecular formula is C7H11F3O4. The third kappa shape index (κ3) is 3.15. The Hall–Kier alpha value is -0.820. The van der Waals surface area contributed by atoms with Gasteiger partial charge in [0.2, 0.25) is 0 Å². The molecule has 0 aromatic carbocycles. The van der Waals surface area contributed by atoms with Crippen LogP contribution in [0.3, 0.4) is 0 Å². The largest absolute Gasteiger partial charge is 0.466 e. The Bertz CT molecular complexity index is 204. The monoisotopic (exact) mass is 216 g/mol. The van der Waals surface area contributed by atoms with Crippen molar-refractivity contribution >= 4 is 5.97 Å². The Labute approximate surface area is 78.6 Å². The zero-order valence-corrected chi connectivity index (χ0v) is 7.72. The van der Waals surface area contributed by atoms with Crippen molar-refractivity contribution in [1.82, 2.24) is 0 Å². The number of alkyl halides is 3. The van der Waals surface area contributed by atoms with E-state index < -0.39 is 24.4 Å². The number of methoxy groups -OCH3 is 1. The van der Waals surface area contributed by atoms with E-state index in [1.807, 2.05) is 0 Å². The first kappa shape index (κ1) is 13.2. The van der Waals surface area contributed by atoms with E-state index in [0.717, 1.165) is 0 Å². The highest BCUT2D eigenvalue weighted by atomic mass is 19.4. The van der Waals surface area contributed by atoms with E-state index in [0.29, 0.717) is 7.11 Å². The summed E-state index contributed by atoms with van der Waals surface area (Å²) in [6, 6.07) is 0. The minimum atomic E-state index is -5.03. The number of esters is 1. The Morgan fingerprint density at radius 2 is 1.93 bits per heavy atom. The first-order chi connectivity index (χ1) is 6.27. The summed E-state index contributed by atoms with van der Waals surface area (Å²) < 4.78 is 44.5. The maximum atomic E-state index is 12.1. The number of carbonyl (C=O) groups is 1. The molecule has 0 amide bonds. The molecule has 0 radical (unpaired) electrons. The molecule has 0 aromatic rings. The van der Waals surface area contributed by atoms with E-state index in [1.165, 1.54) is 6.92 Å². The topological polar surface area (TPSA) is 55.8 Å². The fourth-order valence-corrected chi connectivity index (χ4v) is 0.696. The Morgan fingerprint density at radius 3 is 2.21 bits per heavy atom. The van der Waals surface area contributed by atoms with Crippen molar-refractivity contribution in [3.63, 3.8) is 0 Å². The van der Waals surface area contributed by atoms with Crippen molar-refractivity contribution in [2.24, 2.45) is 0 Å². The highest BCUT2D eigenvalue weighted by molar-refractivity contribution is 5.70. The number of halogens is 3. The van der Waals surface area contributed by atoms with Crippen molar-refractivity contribution in [3.05, 3.63) is 0 Å². The molecule has 0 spiro atoms. The van der Waals surface area contributed by atoms with Crippen LogP contribution in [-0.4, -0.2) is 36.8 Å². The third-order valence-electron chi connectivity index (χ3n) is 1.47. The fourth-order valence-electron chi connectivity index (χ4n) is 0.696. The summed E-state index contributed by atoms with van der Waals surface area (Å²) in [5.41, 5.74) is 0. The quantitative estimate of drug-likeness (QED) is 0.558. The number of rotatable bonds is 4. The molecule has 0 aliphatic rings. The van der Waals surface area contributed by atoms with E-state index >= 15 is 0 Å². The van der Waals surface area contributed by atoms with Crippen LogP contribution in [0.4, 0.5) is 13.2 Å². The second kappa shape index (κ2) is 4.61. The predicted octanol–water partition coefficient (Wildman–Crippen LogP) is 0.837. The number of ether oxygens (including phenoxy) is 2. The van der Waals surface area contributed by atoms with Gasteiger partial charge in [0.05, 0.1) is 6.61 Å². The highest BCUT2D eigenvalue weighted by Gasteiger charge is 2.56. The predicted molar refractivity (Wildman–Crippen MR) is 39.3 cm³/mol.